The molecule has 0 bridgehead atoms. The van der Waals surface area contributed by atoms with Crippen molar-refractivity contribution in [1.29, 1.82) is 0 Å². The van der Waals surface area contributed by atoms with E-state index in [9.17, 15) is 4.79 Å². The molecule has 6 nitrogen and oxygen atoms in total. The first-order chi connectivity index (χ1) is 16.6. The molecule has 1 amide bonds. The number of anilines is 1. The van der Waals surface area contributed by atoms with E-state index in [4.69, 9.17) is 26.1 Å². The van der Waals surface area contributed by atoms with E-state index in [1.54, 1.807) is 38.5 Å². The molecule has 4 rings (SSSR count). The molecule has 0 aliphatic heterocycles. The Morgan fingerprint density at radius 1 is 0.912 bits per heavy atom. The standard InChI is InChI=1S/C26H24ClN3O3S/c1-32-21-11-3-17(4-12-21)24-25(18-5-13-22(33-2)14-6-18)30-26(29-24)34-16-15-23(31)28-20-9-7-19(27)8-10-20/h3-14H,15-16H2,1-2H3,(H,28,31)(H,29,30). The maximum atomic E-state index is 12.3. The van der Waals surface area contributed by atoms with Gasteiger partial charge in [0.1, 0.15) is 11.5 Å². The van der Waals surface area contributed by atoms with Gasteiger partial charge in [-0.1, -0.05) is 23.4 Å². The number of amides is 1. The van der Waals surface area contributed by atoms with Crippen molar-refractivity contribution in [3.05, 3.63) is 77.8 Å². The molecule has 0 saturated heterocycles. The first kappa shape index (κ1) is 23.7. The molecule has 1 aromatic heterocycles. The summed E-state index contributed by atoms with van der Waals surface area (Å²) < 4.78 is 10.6. The number of ether oxygens (including phenoxy) is 2. The van der Waals surface area contributed by atoms with Gasteiger partial charge in [0.15, 0.2) is 5.16 Å². The molecule has 0 aliphatic rings. The Bertz CT molecular complexity index is 1180. The lowest BCUT2D eigenvalue weighted by atomic mass is 10.0. The smallest absolute Gasteiger partial charge is 0.225 e. The molecule has 4 aromatic rings. The fourth-order valence-corrected chi connectivity index (χ4v) is 4.28. The first-order valence-corrected chi connectivity index (χ1v) is 12.0. The molecule has 0 spiro atoms. The maximum absolute atomic E-state index is 12.3. The average Bonchev–Trinajstić information content (AvgIpc) is 3.29. The SMILES string of the molecule is COc1ccc(-c2nc(SCCC(=O)Nc3ccc(Cl)cc3)[nH]c2-c2ccc(OC)cc2)cc1. The fraction of sp³-hybridized carbons (Fsp3) is 0.154. The lowest BCUT2D eigenvalue weighted by Gasteiger charge is -2.06. The van der Waals surface area contributed by atoms with Crippen molar-refractivity contribution in [3.63, 3.8) is 0 Å². The van der Waals surface area contributed by atoms with Crippen molar-refractivity contribution in [2.75, 3.05) is 25.3 Å². The highest BCUT2D eigenvalue weighted by Gasteiger charge is 2.15. The second kappa shape index (κ2) is 11.1. The number of halogens is 1. The summed E-state index contributed by atoms with van der Waals surface area (Å²) in [5, 5.41) is 4.26. The molecular weight excluding hydrogens is 470 g/mol. The van der Waals surface area contributed by atoms with Gasteiger partial charge >= 0.3 is 0 Å². The highest BCUT2D eigenvalue weighted by molar-refractivity contribution is 7.99. The number of methoxy groups -OCH3 is 2. The predicted octanol–water partition coefficient (Wildman–Crippen LogP) is 6.54. The topological polar surface area (TPSA) is 76.2 Å². The average molecular weight is 494 g/mol. The molecule has 2 N–H and O–H groups in total. The van der Waals surface area contributed by atoms with Crippen LogP contribution in [0.3, 0.4) is 0 Å². The van der Waals surface area contributed by atoms with E-state index in [0.717, 1.165) is 44.9 Å². The molecular formula is C26H24ClN3O3S. The number of H-pyrrole nitrogens is 1. The summed E-state index contributed by atoms with van der Waals surface area (Å²) in [7, 11) is 3.29. The third kappa shape index (κ3) is 5.92. The number of hydrogen-bond donors (Lipinski definition) is 2. The lowest BCUT2D eigenvalue weighted by Crippen LogP contribution is -2.12. The van der Waals surface area contributed by atoms with Gasteiger partial charge in [-0.25, -0.2) is 4.98 Å². The van der Waals surface area contributed by atoms with Gasteiger partial charge in [-0.2, -0.15) is 0 Å². The van der Waals surface area contributed by atoms with Crippen molar-refractivity contribution >= 4 is 35.0 Å². The Morgan fingerprint density at radius 2 is 1.50 bits per heavy atom. The van der Waals surface area contributed by atoms with E-state index in [1.807, 2.05) is 48.5 Å². The van der Waals surface area contributed by atoms with Gasteiger partial charge in [0.2, 0.25) is 5.91 Å². The number of carbonyl (C=O) groups excluding carboxylic acids is 1. The van der Waals surface area contributed by atoms with Crippen LogP contribution in [0.2, 0.25) is 5.02 Å². The van der Waals surface area contributed by atoms with E-state index < -0.39 is 0 Å². The Kier molecular flexibility index (Phi) is 7.77. The summed E-state index contributed by atoms with van der Waals surface area (Å²) in [6.07, 6.45) is 0.351. The minimum Gasteiger partial charge on any atom is -0.497 e. The summed E-state index contributed by atoms with van der Waals surface area (Å²) >= 11 is 7.40. The number of carbonyl (C=O) groups is 1. The van der Waals surface area contributed by atoms with E-state index in [1.165, 1.54) is 11.8 Å². The highest BCUT2D eigenvalue weighted by Crippen LogP contribution is 2.34. The van der Waals surface area contributed by atoms with Gasteiger partial charge in [0.05, 0.1) is 25.6 Å². The summed E-state index contributed by atoms with van der Waals surface area (Å²) in [6.45, 7) is 0. The van der Waals surface area contributed by atoms with Crippen molar-refractivity contribution in [3.8, 4) is 34.0 Å². The third-order valence-electron chi connectivity index (χ3n) is 5.12. The zero-order chi connectivity index (χ0) is 23.9. The molecule has 0 radical (unpaired) electrons. The van der Waals surface area contributed by atoms with Crippen LogP contribution >= 0.6 is 23.4 Å². The second-order valence-electron chi connectivity index (χ2n) is 7.38. The van der Waals surface area contributed by atoms with Gasteiger partial charge in [-0.05, 0) is 72.8 Å². The predicted molar refractivity (Wildman–Crippen MR) is 138 cm³/mol. The first-order valence-electron chi connectivity index (χ1n) is 10.6. The minimum absolute atomic E-state index is 0.0628. The van der Waals surface area contributed by atoms with Crippen molar-refractivity contribution in [2.24, 2.45) is 0 Å². The molecule has 0 aliphatic carbocycles. The number of aromatic nitrogens is 2. The summed E-state index contributed by atoms with van der Waals surface area (Å²) in [4.78, 5) is 20.6. The van der Waals surface area contributed by atoms with Crippen molar-refractivity contribution in [1.82, 2.24) is 9.97 Å². The van der Waals surface area contributed by atoms with Gasteiger partial charge < -0.3 is 19.8 Å². The van der Waals surface area contributed by atoms with Crippen LogP contribution in [0.4, 0.5) is 5.69 Å². The number of hydrogen-bond acceptors (Lipinski definition) is 5. The van der Waals surface area contributed by atoms with Gasteiger partial charge in [0.25, 0.3) is 0 Å². The number of imidazole rings is 1. The van der Waals surface area contributed by atoms with Gasteiger partial charge in [-0.3, -0.25) is 4.79 Å². The summed E-state index contributed by atoms with van der Waals surface area (Å²) in [5.74, 6) is 2.09. The monoisotopic (exact) mass is 493 g/mol. The number of nitrogens with one attached hydrogen (secondary N) is 2. The molecule has 0 saturated carbocycles. The van der Waals surface area contributed by atoms with Crippen molar-refractivity contribution in [2.45, 2.75) is 11.6 Å². The van der Waals surface area contributed by atoms with Gasteiger partial charge in [0, 0.05) is 34.0 Å². The molecule has 174 valence electrons. The van der Waals surface area contributed by atoms with Crippen LogP contribution in [-0.2, 0) is 4.79 Å². The molecule has 0 unspecified atom stereocenters. The maximum Gasteiger partial charge on any atom is 0.225 e. The van der Waals surface area contributed by atoms with E-state index in [0.29, 0.717) is 17.2 Å². The Morgan fingerprint density at radius 3 is 2.09 bits per heavy atom. The highest BCUT2D eigenvalue weighted by atomic mass is 35.5. The van der Waals surface area contributed by atoms with Crippen LogP contribution in [-0.4, -0.2) is 35.8 Å². The number of aromatic amines is 1. The minimum atomic E-state index is -0.0628. The van der Waals surface area contributed by atoms with Crippen LogP contribution < -0.4 is 14.8 Å². The molecule has 0 atom stereocenters. The Hall–Kier alpha value is -3.42. The quantitative estimate of drug-likeness (QED) is 0.259. The van der Waals surface area contributed by atoms with Crippen LogP contribution in [0.15, 0.2) is 78.0 Å². The van der Waals surface area contributed by atoms with Crippen LogP contribution in [0.1, 0.15) is 6.42 Å². The Balaban J connectivity index is 1.49. The van der Waals surface area contributed by atoms with Crippen molar-refractivity contribution < 1.29 is 14.3 Å². The Labute approximate surface area is 207 Å². The van der Waals surface area contributed by atoms with Crippen LogP contribution in [0.25, 0.3) is 22.5 Å². The number of rotatable bonds is 9. The number of nitrogens with zero attached hydrogens (tertiary/aromatic N) is 1. The summed E-state index contributed by atoms with van der Waals surface area (Å²) in [6, 6.07) is 22.7. The van der Waals surface area contributed by atoms with Gasteiger partial charge in [-0.15, -0.1) is 0 Å². The van der Waals surface area contributed by atoms with E-state index >= 15 is 0 Å². The molecule has 3 aromatic carbocycles. The largest absolute Gasteiger partial charge is 0.497 e. The second-order valence-corrected chi connectivity index (χ2v) is 8.90. The summed E-state index contributed by atoms with van der Waals surface area (Å²) in [5.41, 5.74) is 4.42. The molecule has 1 heterocycles. The number of thioether (sulfide) groups is 1. The lowest BCUT2D eigenvalue weighted by molar-refractivity contribution is -0.115. The molecule has 0 fully saturated rings. The fourth-order valence-electron chi connectivity index (χ4n) is 3.34. The third-order valence-corrected chi connectivity index (χ3v) is 6.25. The molecule has 8 heteroatoms. The van der Waals surface area contributed by atoms with E-state index in [-0.39, 0.29) is 5.91 Å². The molecule has 34 heavy (non-hydrogen) atoms. The van der Waals surface area contributed by atoms with Crippen LogP contribution in [0, 0.1) is 0 Å². The van der Waals surface area contributed by atoms with E-state index in [2.05, 4.69) is 10.3 Å². The zero-order valence-corrected chi connectivity index (χ0v) is 20.4. The zero-order valence-electron chi connectivity index (χ0n) is 18.8. The van der Waals surface area contributed by atoms with Crippen LogP contribution in [0.5, 0.6) is 11.5 Å². The normalized spacial score (nSPS) is 10.7. The number of benzene rings is 3.